The first-order valence-corrected chi connectivity index (χ1v) is 8.32. The third-order valence-electron chi connectivity index (χ3n) is 3.65. The van der Waals surface area contributed by atoms with Crippen molar-refractivity contribution in [1.82, 2.24) is 5.32 Å². The summed E-state index contributed by atoms with van der Waals surface area (Å²) in [6.45, 7) is 0.551. The van der Waals surface area contributed by atoms with Crippen LogP contribution in [0, 0.1) is 24.2 Å². The molecule has 3 nitrogen and oxygen atoms in total. The van der Waals surface area contributed by atoms with Crippen molar-refractivity contribution in [3.05, 3.63) is 60.2 Å². The number of rotatable bonds is 6. The third-order valence-corrected chi connectivity index (χ3v) is 3.65. The summed E-state index contributed by atoms with van der Waals surface area (Å²) in [6, 6.07) is 17.8. The molecule has 134 valence electrons. The first-order chi connectivity index (χ1) is 12.2. The molecule has 0 radical (unpaired) electrons. The van der Waals surface area contributed by atoms with Crippen LogP contribution < -0.4 is 11.1 Å². The number of carbonyl (C=O) groups is 1. The smallest absolute Gasteiger partial charge is 0.237 e. The van der Waals surface area contributed by atoms with Gasteiger partial charge in [-0.15, -0.1) is 12.3 Å². The molecule has 3 N–H and O–H groups in total. The van der Waals surface area contributed by atoms with Gasteiger partial charge in [-0.05, 0) is 29.7 Å². The van der Waals surface area contributed by atoms with E-state index in [9.17, 15) is 4.79 Å². The molecule has 0 fully saturated rings. The lowest BCUT2D eigenvalue weighted by molar-refractivity contribution is -0.122. The number of amides is 1. The average Bonchev–Trinajstić information content (AvgIpc) is 2.65. The third kappa shape index (κ3) is 7.07. The van der Waals surface area contributed by atoms with Gasteiger partial charge in [-0.3, -0.25) is 4.79 Å². The van der Waals surface area contributed by atoms with Gasteiger partial charge in [0.15, 0.2) is 0 Å². The Kier molecular flexibility index (Phi) is 9.72. The molecule has 0 spiro atoms. The van der Waals surface area contributed by atoms with Crippen LogP contribution in [-0.4, -0.2) is 18.5 Å². The van der Waals surface area contributed by atoms with Gasteiger partial charge in [0.05, 0.1) is 6.04 Å². The Bertz CT molecular complexity index is 800. The minimum atomic E-state index is -0.628. The van der Waals surface area contributed by atoms with E-state index in [4.69, 9.17) is 12.2 Å². The molecule has 0 aliphatic carbocycles. The van der Waals surface area contributed by atoms with Gasteiger partial charge in [-0.25, -0.2) is 0 Å². The SMILES string of the molecule is C#CC[C@H](N)C(=O)NCCCC#Cc1cccc(-c2ccccc2)c1.S. The quantitative estimate of drug-likeness (QED) is 0.611. The molecule has 0 aromatic heterocycles. The molecule has 26 heavy (non-hydrogen) atoms. The second kappa shape index (κ2) is 11.8. The Balaban J connectivity index is 0.00000338. The number of terminal acetylenes is 1. The second-order valence-electron chi connectivity index (χ2n) is 5.66. The predicted octanol–water partition coefficient (Wildman–Crippen LogP) is 3.06. The maximum atomic E-state index is 11.6. The van der Waals surface area contributed by atoms with Crippen LogP contribution in [0.1, 0.15) is 24.8 Å². The van der Waals surface area contributed by atoms with Crippen LogP contribution in [0.2, 0.25) is 0 Å². The first-order valence-electron chi connectivity index (χ1n) is 8.32. The van der Waals surface area contributed by atoms with Crippen molar-refractivity contribution in [1.29, 1.82) is 0 Å². The number of carbonyl (C=O) groups excluding carboxylic acids is 1. The Labute approximate surface area is 162 Å². The van der Waals surface area contributed by atoms with Crippen LogP contribution >= 0.6 is 13.5 Å². The fourth-order valence-electron chi connectivity index (χ4n) is 2.31. The van der Waals surface area contributed by atoms with Crippen LogP contribution in [0.3, 0.4) is 0 Å². The molecule has 0 heterocycles. The molecule has 2 aromatic carbocycles. The van der Waals surface area contributed by atoms with Gasteiger partial charge in [0.25, 0.3) is 0 Å². The zero-order valence-corrected chi connectivity index (χ0v) is 15.7. The predicted molar refractivity (Wildman–Crippen MR) is 113 cm³/mol. The van der Waals surface area contributed by atoms with Crippen LogP contribution in [0.4, 0.5) is 0 Å². The van der Waals surface area contributed by atoms with E-state index < -0.39 is 6.04 Å². The normalized spacial score (nSPS) is 10.5. The highest BCUT2D eigenvalue weighted by Crippen LogP contribution is 2.19. The van der Waals surface area contributed by atoms with E-state index in [0.717, 1.165) is 17.5 Å². The maximum absolute atomic E-state index is 11.6. The largest absolute Gasteiger partial charge is 0.355 e. The lowest BCUT2D eigenvalue weighted by Gasteiger charge is -2.08. The molecule has 2 rings (SSSR count). The Morgan fingerprint density at radius 2 is 1.85 bits per heavy atom. The fourth-order valence-corrected chi connectivity index (χ4v) is 2.31. The zero-order chi connectivity index (χ0) is 17.9. The summed E-state index contributed by atoms with van der Waals surface area (Å²) >= 11 is 0. The van der Waals surface area contributed by atoms with Crippen LogP contribution in [0.15, 0.2) is 54.6 Å². The van der Waals surface area contributed by atoms with Crippen molar-refractivity contribution in [3.63, 3.8) is 0 Å². The number of unbranched alkanes of at least 4 members (excludes halogenated alkanes) is 1. The van der Waals surface area contributed by atoms with Crippen LogP contribution in [0.25, 0.3) is 11.1 Å². The summed E-state index contributed by atoms with van der Waals surface area (Å²) in [4.78, 5) is 11.6. The zero-order valence-electron chi connectivity index (χ0n) is 14.7. The molecule has 0 aliphatic heterocycles. The van der Waals surface area contributed by atoms with Gasteiger partial charge < -0.3 is 11.1 Å². The van der Waals surface area contributed by atoms with Crippen molar-refractivity contribution in [2.24, 2.45) is 5.73 Å². The summed E-state index contributed by atoms with van der Waals surface area (Å²) in [6.07, 6.45) is 6.88. The van der Waals surface area contributed by atoms with Crippen molar-refractivity contribution < 1.29 is 4.79 Å². The molecular formula is C22H24N2OS. The molecule has 1 amide bonds. The standard InChI is InChI=1S/C22H22N2O.H2S/c1-2-10-21(23)22(25)24-16-8-4-5-11-18-12-9-15-20(17-18)19-13-6-3-7-14-19;/h1,3,6-7,9,12-15,17,21H,4,8,10,16,23H2,(H,24,25);1H2/t21-;/m0./s1. The lowest BCUT2D eigenvalue weighted by atomic mass is 10.0. The molecule has 0 saturated heterocycles. The maximum Gasteiger partial charge on any atom is 0.237 e. The van der Waals surface area contributed by atoms with Crippen LogP contribution in [-0.2, 0) is 4.79 Å². The number of nitrogens with two attached hydrogens (primary N) is 1. The fraction of sp³-hybridized carbons (Fsp3) is 0.227. The van der Waals surface area contributed by atoms with E-state index in [1.165, 1.54) is 5.56 Å². The van der Waals surface area contributed by atoms with Gasteiger partial charge in [0.1, 0.15) is 0 Å². The van der Waals surface area contributed by atoms with Crippen LogP contribution in [0.5, 0.6) is 0 Å². The molecule has 0 aliphatic rings. The number of nitrogens with one attached hydrogen (secondary N) is 1. The van der Waals surface area contributed by atoms with Gasteiger partial charge in [-0.1, -0.05) is 54.3 Å². The van der Waals surface area contributed by atoms with Crippen molar-refractivity contribution in [2.45, 2.75) is 25.3 Å². The van der Waals surface area contributed by atoms with Gasteiger partial charge >= 0.3 is 0 Å². The van der Waals surface area contributed by atoms with E-state index in [0.29, 0.717) is 13.0 Å². The van der Waals surface area contributed by atoms with Crippen molar-refractivity contribution >= 4 is 19.4 Å². The van der Waals surface area contributed by atoms with Gasteiger partial charge in [-0.2, -0.15) is 13.5 Å². The highest BCUT2D eigenvalue weighted by molar-refractivity contribution is 7.59. The Morgan fingerprint density at radius 3 is 2.58 bits per heavy atom. The molecule has 4 heteroatoms. The summed E-state index contributed by atoms with van der Waals surface area (Å²) in [5.41, 5.74) is 8.94. The average molecular weight is 365 g/mol. The first kappa shape index (κ1) is 21.4. The monoisotopic (exact) mass is 364 g/mol. The highest BCUT2D eigenvalue weighted by atomic mass is 32.1. The van der Waals surface area contributed by atoms with E-state index in [1.807, 2.05) is 30.3 Å². The van der Waals surface area contributed by atoms with E-state index in [-0.39, 0.29) is 25.8 Å². The molecule has 0 saturated carbocycles. The Morgan fingerprint density at radius 1 is 1.12 bits per heavy atom. The summed E-state index contributed by atoms with van der Waals surface area (Å²) in [5.74, 6) is 8.49. The summed E-state index contributed by atoms with van der Waals surface area (Å²) < 4.78 is 0. The van der Waals surface area contributed by atoms with Crippen molar-refractivity contribution in [2.75, 3.05) is 6.54 Å². The topological polar surface area (TPSA) is 55.1 Å². The molecule has 2 aromatic rings. The molecule has 1 atom stereocenters. The van der Waals surface area contributed by atoms with Gasteiger partial charge in [0, 0.05) is 24.9 Å². The van der Waals surface area contributed by atoms with E-state index in [1.54, 1.807) is 0 Å². The van der Waals surface area contributed by atoms with E-state index >= 15 is 0 Å². The van der Waals surface area contributed by atoms with Gasteiger partial charge in [0.2, 0.25) is 5.91 Å². The van der Waals surface area contributed by atoms with Crippen molar-refractivity contribution in [3.8, 4) is 35.3 Å². The minimum absolute atomic E-state index is 0. The lowest BCUT2D eigenvalue weighted by Crippen LogP contribution is -2.40. The molecule has 0 bridgehead atoms. The summed E-state index contributed by atoms with van der Waals surface area (Å²) in [7, 11) is 0. The summed E-state index contributed by atoms with van der Waals surface area (Å²) in [5, 5.41) is 2.77. The second-order valence-corrected chi connectivity index (χ2v) is 5.66. The van der Waals surface area contributed by atoms with E-state index in [2.05, 4.69) is 47.3 Å². The number of hydrogen-bond donors (Lipinski definition) is 2. The number of benzene rings is 2. The minimum Gasteiger partial charge on any atom is -0.355 e. The Hall–Kier alpha value is -2.66. The molecular weight excluding hydrogens is 340 g/mol. The molecule has 0 unspecified atom stereocenters. The highest BCUT2D eigenvalue weighted by Gasteiger charge is 2.10. The number of hydrogen-bond acceptors (Lipinski definition) is 2.